The highest BCUT2D eigenvalue weighted by atomic mass is 16.5. The lowest BCUT2D eigenvalue weighted by molar-refractivity contribution is -0.125. The van der Waals surface area contributed by atoms with Crippen LogP contribution in [0.4, 0.5) is 0 Å². The van der Waals surface area contributed by atoms with E-state index in [2.05, 4.69) is 5.32 Å². The molecule has 0 heterocycles. The van der Waals surface area contributed by atoms with Crippen LogP contribution in [0.5, 0.6) is 17.2 Å². The maximum atomic E-state index is 12.5. The van der Waals surface area contributed by atoms with Crippen LogP contribution in [-0.4, -0.2) is 51.1 Å². The summed E-state index contributed by atoms with van der Waals surface area (Å²) >= 11 is 0. The first-order valence-electron chi connectivity index (χ1n) is 10.1. The SMILES string of the molecule is COc1cc(/C=C/C(=O)N(C)Cc2ccc(C(=O)NC3CC3)cc2)cc(OC)c1OC. The van der Waals surface area contributed by atoms with E-state index in [-0.39, 0.29) is 11.8 Å². The fourth-order valence-corrected chi connectivity index (χ4v) is 3.10. The van der Waals surface area contributed by atoms with Gasteiger partial charge in [-0.2, -0.15) is 0 Å². The van der Waals surface area contributed by atoms with Crippen LogP contribution < -0.4 is 19.5 Å². The lowest BCUT2D eigenvalue weighted by Gasteiger charge is -2.16. The van der Waals surface area contributed by atoms with Crippen molar-refractivity contribution in [3.8, 4) is 17.2 Å². The van der Waals surface area contributed by atoms with Crippen LogP contribution in [0, 0.1) is 0 Å². The molecule has 2 aromatic carbocycles. The molecule has 3 rings (SSSR count). The van der Waals surface area contributed by atoms with E-state index in [4.69, 9.17) is 14.2 Å². The number of hydrogen-bond acceptors (Lipinski definition) is 5. The molecule has 1 aliphatic carbocycles. The number of likely N-dealkylation sites (N-methyl/N-ethyl adjacent to an activating group) is 1. The molecule has 0 atom stereocenters. The van der Waals surface area contributed by atoms with Crippen LogP contribution in [-0.2, 0) is 11.3 Å². The van der Waals surface area contributed by atoms with Crippen molar-refractivity contribution in [2.24, 2.45) is 0 Å². The number of benzene rings is 2. The van der Waals surface area contributed by atoms with E-state index in [1.165, 1.54) is 6.08 Å². The molecule has 0 bridgehead atoms. The third kappa shape index (κ3) is 5.78. The van der Waals surface area contributed by atoms with Gasteiger partial charge in [0, 0.05) is 31.3 Å². The van der Waals surface area contributed by atoms with Crippen molar-refractivity contribution in [3.63, 3.8) is 0 Å². The minimum atomic E-state index is -0.149. The zero-order valence-electron chi connectivity index (χ0n) is 18.3. The Hall–Kier alpha value is -3.48. The molecule has 164 valence electrons. The maximum Gasteiger partial charge on any atom is 0.251 e. The second kappa shape index (κ2) is 10.0. The first kappa shape index (κ1) is 22.2. The monoisotopic (exact) mass is 424 g/mol. The molecule has 1 aliphatic rings. The van der Waals surface area contributed by atoms with Gasteiger partial charge in [0.15, 0.2) is 11.5 Å². The molecule has 0 spiro atoms. The zero-order chi connectivity index (χ0) is 22.4. The molecule has 2 amide bonds. The minimum absolute atomic E-state index is 0.0493. The minimum Gasteiger partial charge on any atom is -0.493 e. The number of amides is 2. The lowest BCUT2D eigenvalue weighted by atomic mass is 10.1. The van der Waals surface area contributed by atoms with Crippen molar-refractivity contribution < 1.29 is 23.8 Å². The highest BCUT2D eigenvalue weighted by Crippen LogP contribution is 2.38. The summed E-state index contributed by atoms with van der Waals surface area (Å²) in [4.78, 5) is 26.2. The quantitative estimate of drug-likeness (QED) is 0.625. The first-order valence-corrected chi connectivity index (χ1v) is 10.1. The van der Waals surface area contributed by atoms with Crippen LogP contribution in [0.3, 0.4) is 0 Å². The van der Waals surface area contributed by atoms with Gasteiger partial charge in [-0.1, -0.05) is 12.1 Å². The number of rotatable bonds is 9. The Labute approximate surface area is 182 Å². The number of carbonyl (C=O) groups is 2. The van der Waals surface area contributed by atoms with Gasteiger partial charge < -0.3 is 24.4 Å². The number of nitrogens with one attached hydrogen (secondary N) is 1. The van der Waals surface area contributed by atoms with Crippen LogP contribution in [0.1, 0.15) is 34.3 Å². The summed E-state index contributed by atoms with van der Waals surface area (Å²) in [6.07, 6.45) is 5.31. The summed E-state index contributed by atoms with van der Waals surface area (Å²) in [5.41, 5.74) is 2.33. The van der Waals surface area contributed by atoms with Gasteiger partial charge >= 0.3 is 0 Å². The molecule has 1 N–H and O–H groups in total. The van der Waals surface area contributed by atoms with Gasteiger partial charge in [0.05, 0.1) is 21.3 Å². The van der Waals surface area contributed by atoms with E-state index in [9.17, 15) is 9.59 Å². The highest BCUT2D eigenvalue weighted by Gasteiger charge is 2.23. The van der Waals surface area contributed by atoms with Crippen LogP contribution in [0.25, 0.3) is 6.08 Å². The van der Waals surface area contributed by atoms with Crippen molar-refractivity contribution in [1.82, 2.24) is 10.2 Å². The third-order valence-electron chi connectivity index (χ3n) is 5.03. The van der Waals surface area contributed by atoms with Crippen LogP contribution in [0.15, 0.2) is 42.5 Å². The topological polar surface area (TPSA) is 77.1 Å². The lowest BCUT2D eigenvalue weighted by Crippen LogP contribution is -2.26. The standard InChI is InChI=1S/C24H28N2O5/c1-26(15-16-5-8-18(9-6-16)24(28)25-19-10-11-19)22(27)12-7-17-13-20(29-2)23(31-4)21(14-17)30-3/h5-9,12-14,19H,10-11,15H2,1-4H3,(H,25,28)/b12-7+. The molecule has 0 radical (unpaired) electrons. The van der Waals surface area contributed by atoms with Gasteiger partial charge in [-0.3, -0.25) is 9.59 Å². The molecule has 31 heavy (non-hydrogen) atoms. The van der Waals surface area contributed by atoms with E-state index in [0.717, 1.165) is 24.0 Å². The Kier molecular flexibility index (Phi) is 7.18. The molecule has 1 saturated carbocycles. The number of carbonyl (C=O) groups excluding carboxylic acids is 2. The summed E-state index contributed by atoms with van der Waals surface area (Å²) in [6, 6.07) is 11.2. The van der Waals surface area contributed by atoms with Gasteiger partial charge in [-0.15, -0.1) is 0 Å². The van der Waals surface area contributed by atoms with Gasteiger partial charge in [-0.25, -0.2) is 0 Å². The van der Waals surface area contributed by atoms with Crippen molar-refractivity contribution >= 4 is 17.9 Å². The number of methoxy groups -OCH3 is 3. The van der Waals surface area contributed by atoms with Crippen molar-refractivity contribution in [2.75, 3.05) is 28.4 Å². The molecular weight excluding hydrogens is 396 g/mol. The normalized spacial score (nSPS) is 13.0. The van der Waals surface area contributed by atoms with Gasteiger partial charge in [0.1, 0.15) is 0 Å². The molecule has 0 unspecified atom stereocenters. The molecule has 1 fully saturated rings. The Morgan fingerprint density at radius 1 is 1.03 bits per heavy atom. The van der Waals surface area contributed by atoms with Crippen molar-refractivity contribution in [3.05, 3.63) is 59.2 Å². The molecule has 7 heteroatoms. The van der Waals surface area contributed by atoms with Crippen LogP contribution >= 0.6 is 0 Å². The number of hydrogen-bond donors (Lipinski definition) is 1. The first-order chi connectivity index (χ1) is 14.9. The van der Waals surface area contributed by atoms with E-state index in [1.807, 2.05) is 12.1 Å². The summed E-state index contributed by atoms with van der Waals surface area (Å²) in [5, 5.41) is 2.97. The fraction of sp³-hybridized carbons (Fsp3) is 0.333. The second-order valence-electron chi connectivity index (χ2n) is 7.43. The second-order valence-corrected chi connectivity index (χ2v) is 7.43. The molecule has 2 aromatic rings. The molecule has 7 nitrogen and oxygen atoms in total. The third-order valence-corrected chi connectivity index (χ3v) is 5.03. The Morgan fingerprint density at radius 2 is 1.65 bits per heavy atom. The fourth-order valence-electron chi connectivity index (χ4n) is 3.10. The Morgan fingerprint density at radius 3 is 2.16 bits per heavy atom. The Balaban J connectivity index is 1.62. The summed E-state index contributed by atoms with van der Waals surface area (Å²) in [7, 11) is 6.37. The van der Waals surface area contributed by atoms with Crippen molar-refractivity contribution in [1.29, 1.82) is 0 Å². The largest absolute Gasteiger partial charge is 0.493 e. The van der Waals surface area contributed by atoms with Crippen molar-refractivity contribution in [2.45, 2.75) is 25.4 Å². The van der Waals surface area contributed by atoms with E-state index in [1.54, 1.807) is 63.6 Å². The molecular formula is C24H28N2O5. The number of nitrogens with zero attached hydrogens (tertiary/aromatic N) is 1. The van der Waals surface area contributed by atoms with Gasteiger partial charge in [0.2, 0.25) is 11.7 Å². The number of ether oxygens (including phenoxy) is 3. The summed E-state index contributed by atoms with van der Waals surface area (Å²) < 4.78 is 16.0. The highest BCUT2D eigenvalue weighted by molar-refractivity contribution is 5.94. The summed E-state index contributed by atoms with van der Waals surface area (Å²) in [6.45, 7) is 0.433. The smallest absolute Gasteiger partial charge is 0.251 e. The molecule has 0 aromatic heterocycles. The van der Waals surface area contributed by atoms with Gasteiger partial charge in [-0.05, 0) is 54.3 Å². The predicted octanol–water partition coefficient (Wildman–Crippen LogP) is 3.28. The molecule has 0 saturated heterocycles. The molecule has 0 aliphatic heterocycles. The summed E-state index contributed by atoms with van der Waals surface area (Å²) in [5.74, 6) is 1.34. The predicted molar refractivity (Wildman–Crippen MR) is 119 cm³/mol. The van der Waals surface area contributed by atoms with E-state index in [0.29, 0.717) is 35.4 Å². The average Bonchev–Trinajstić information content (AvgIpc) is 3.60. The Bertz CT molecular complexity index is 939. The van der Waals surface area contributed by atoms with Crippen LogP contribution in [0.2, 0.25) is 0 Å². The zero-order valence-corrected chi connectivity index (χ0v) is 18.3. The van der Waals surface area contributed by atoms with Gasteiger partial charge in [0.25, 0.3) is 5.91 Å². The van der Waals surface area contributed by atoms with E-state index < -0.39 is 0 Å². The van der Waals surface area contributed by atoms with E-state index >= 15 is 0 Å². The maximum absolute atomic E-state index is 12.5. The average molecular weight is 424 g/mol.